The lowest BCUT2D eigenvalue weighted by Crippen LogP contribution is -2.32. The molecule has 0 aliphatic carbocycles. The van der Waals surface area contributed by atoms with E-state index in [0.717, 1.165) is 0 Å². The minimum absolute atomic E-state index is 0.110. The first-order chi connectivity index (χ1) is 14.5. The normalized spacial score (nSPS) is 15.2. The molecule has 10 heteroatoms. The van der Waals surface area contributed by atoms with Crippen molar-refractivity contribution in [2.45, 2.75) is 13.0 Å². The number of nitro benzene ring substituents is 1. The van der Waals surface area contributed by atoms with Crippen LogP contribution in [0, 0.1) is 10.1 Å². The third-order valence-electron chi connectivity index (χ3n) is 4.82. The molecule has 10 nitrogen and oxygen atoms in total. The number of carbonyl (C=O) groups excluding carboxylic acids is 1. The molecule has 0 unspecified atom stereocenters. The van der Waals surface area contributed by atoms with Crippen molar-refractivity contribution in [3.05, 3.63) is 81.8 Å². The van der Waals surface area contributed by atoms with Crippen molar-refractivity contribution in [3.8, 4) is 5.75 Å². The summed E-state index contributed by atoms with van der Waals surface area (Å²) in [5, 5.41) is 21.7. The third-order valence-corrected chi connectivity index (χ3v) is 4.82. The Morgan fingerprint density at radius 1 is 1.23 bits per heavy atom. The molecular weight excluding hydrogens is 388 g/mol. The van der Waals surface area contributed by atoms with Crippen molar-refractivity contribution in [1.29, 1.82) is 0 Å². The van der Waals surface area contributed by atoms with Crippen LogP contribution >= 0.6 is 0 Å². The van der Waals surface area contributed by atoms with Crippen molar-refractivity contribution in [1.82, 2.24) is 14.8 Å². The third kappa shape index (κ3) is 3.24. The Balaban J connectivity index is 1.83. The minimum Gasteiger partial charge on any atom is -0.495 e. The Hall–Kier alpha value is -4.21. The molecule has 1 amide bonds. The molecule has 1 aromatic heterocycles. The van der Waals surface area contributed by atoms with Gasteiger partial charge < -0.3 is 15.4 Å². The molecule has 1 aliphatic heterocycles. The highest BCUT2D eigenvalue weighted by molar-refractivity contribution is 6.06. The average molecular weight is 406 g/mol. The molecule has 1 atom stereocenters. The Bertz CT molecular complexity index is 1170. The molecule has 0 bridgehead atoms. The van der Waals surface area contributed by atoms with E-state index in [-0.39, 0.29) is 11.3 Å². The van der Waals surface area contributed by atoms with Crippen LogP contribution in [0.3, 0.4) is 0 Å². The molecule has 1 aliphatic rings. The van der Waals surface area contributed by atoms with E-state index >= 15 is 0 Å². The molecule has 3 aromatic rings. The molecule has 0 fully saturated rings. The fourth-order valence-corrected chi connectivity index (χ4v) is 3.50. The van der Waals surface area contributed by atoms with E-state index in [0.29, 0.717) is 28.6 Å². The molecule has 0 spiro atoms. The van der Waals surface area contributed by atoms with E-state index in [1.807, 2.05) is 0 Å². The quantitative estimate of drug-likeness (QED) is 0.493. The zero-order valence-electron chi connectivity index (χ0n) is 16.2. The van der Waals surface area contributed by atoms with Gasteiger partial charge in [0.2, 0.25) is 5.95 Å². The smallest absolute Gasteiger partial charge is 0.275 e. The fourth-order valence-electron chi connectivity index (χ4n) is 3.50. The summed E-state index contributed by atoms with van der Waals surface area (Å²) in [6.45, 7) is 1.72. The summed E-state index contributed by atoms with van der Waals surface area (Å²) in [6, 6.07) is 12.5. The summed E-state index contributed by atoms with van der Waals surface area (Å²) in [6.07, 6.45) is 1.33. The molecule has 0 radical (unpaired) electrons. The largest absolute Gasteiger partial charge is 0.495 e. The second-order valence-electron chi connectivity index (χ2n) is 6.56. The zero-order valence-corrected chi connectivity index (χ0v) is 16.2. The fraction of sp³-hybridized carbons (Fsp3) is 0.150. The van der Waals surface area contributed by atoms with E-state index in [2.05, 4.69) is 20.7 Å². The van der Waals surface area contributed by atoms with Crippen LogP contribution < -0.4 is 15.4 Å². The number of nitro groups is 1. The topological polar surface area (TPSA) is 124 Å². The predicted molar refractivity (Wildman–Crippen MR) is 109 cm³/mol. The minimum atomic E-state index is -0.833. The van der Waals surface area contributed by atoms with E-state index in [1.165, 1.54) is 24.2 Å². The number of aromatic nitrogens is 3. The van der Waals surface area contributed by atoms with Gasteiger partial charge in [-0.15, -0.1) is 0 Å². The number of methoxy groups -OCH3 is 1. The van der Waals surface area contributed by atoms with Crippen molar-refractivity contribution in [2.24, 2.45) is 0 Å². The van der Waals surface area contributed by atoms with Gasteiger partial charge in [0.05, 0.1) is 28.9 Å². The maximum absolute atomic E-state index is 13.3. The van der Waals surface area contributed by atoms with Crippen LogP contribution in [0.15, 0.2) is 66.1 Å². The number of amides is 1. The van der Waals surface area contributed by atoms with E-state index < -0.39 is 16.9 Å². The molecule has 0 saturated heterocycles. The summed E-state index contributed by atoms with van der Waals surface area (Å²) in [5.41, 5.74) is 1.51. The van der Waals surface area contributed by atoms with Gasteiger partial charge in [-0.05, 0) is 25.1 Å². The van der Waals surface area contributed by atoms with Crippen LogP contribution in [-0.2, 0) is 4.79 Å². The number of carbonyl (C=O) groups is 1. The number of fused-ring (bicyclic) bond motifs is 1. The molecule has 2 N–H and O–H groups in total. The predicted octanol–water partition coefficient (Wildman–Crippen LogP) is 3.12. The summed E-state index contributed by atoms with van der Waals surface area (Å²) < 4.78 is 6.77. The number of para-hydroxylation sites is 3. The van der Waals surface area contributed by atoms with Gasteiger partial charge in [-0.25, -0.2) is 4.68 Å². The van der Waals surface area contributed by atoms with Crippen LogP contribution in [0.2, 0.25) is 0 Å². The average Bonchev–Trinajstić information content (AvgIpc) is 3.21. The number of benzene rings is 2. The van der Waals surface area contributed by atoms with Gasteiger partial charge in [0.1, 0.15) is 18.1 Å². The second-order valence-corrected chi connectivity index (χ2v) is 6.56. The van der Waals surface area contributed by atoms with Crippen molar-refractivity contribution in [3.63, 3.8) is 0 Å². The molecule has 30 heavy (non-hydrogen) atoms. The van der Waals surface area contributed by atoms with Crippen LogP contribution in [0.5, 0.6) is 5.75 Å². The number of nitrogens with zero attached hydrogens (tertiary/aromatic N) is 4. The van der Waals surface area contributed by atoms with Crippen LogP contribution in [0.1, 0.15) is 18.5 Å². The lowest BCUT2D eigenvalue weighted by molar-refractivity contribution is -0.385. The number of ether oxygens (including phenoxy) is 1. The van der Waals surface area contributed by atoms with Crippen LogP contribution in [0.25, 0.3) is 0 Å². The Labute approximate surface area is 171 Å². The summed E-state index contributed by atoms with van der Waals surface area (Å²) in [4.78, 5) is 28.7. The number of hydrogen-bond acceptors (Lipinski definition) is 7. The van der Waals surface area contributed by atoms with Gasteiger partial charge >= 0.3 is 0 Å². The zero-order chi connectivity index (χ0) is 21.3. The molecule has 152 valence electrons. The maximum atomic E-state index is 13.3. The number of anilines is 2. The molecule has 2 heterocycles. The number of rotatable bonds is 5. The second kappa shape index (κ2) is 7.66. The van der Waals surface area contributed by atoms with Crippen molar-refractivity contribution < 1.29 is 14.5 Å². The number of allylic oxidation sites excluding steroid dienone is 1. The Morgan fingerprint density at radius 2 is 1.97 bits per heavy atom. The van der Waals surface area contributed by atoms with Crippen LogP contribution in [0.4, 0.5) is 17.3 Å². The van der Waals surface area contributed by atoms with E-state index in [4.69, 9.17) is 4.74 Å². The van der Waals surface area contributed by atoms with Crippen LogP contribution in [-0.4, -0.2) is 32.7 Å². The molecule has 4 rings (SSSR count). The number of hydrogen-bond donors (Lipinski definition) is 2. The lowest BCUT2D eigenvalue weighted by atomic mass is 9.93. The van der Waals surface area contributed by atoms with Gasteiger partial charge in [0.15, 0.2) is 0 Å². The highest BCUT2D eigenvalue weighted by atomic mass is 16.6. The van der Waals surface area contributed by atoms with Gasteiger partial charge in [0, 0.05) is 11.8 Å². The Kier molecular flexibility index (Phi) is 4.88. The first kappa shape index (κ1) is 19.1. The van der Waals surface area contributed by atoms with Crippen molar-refractivity contribution in [2.75, 3.05) is 17.7 Å². The first-order valence-electron chi connectivity index (χ1n) is 9.06. The first-order valence-corrected chi connectivity index (χ1v) is 9.06. The molecular formula is C20H18N6O4. The monoisotopic (exact) mass is 406 g/mol. The lowest BCUT2D eigenvalue weighted by Gasteiger charge is -2.28. The summed E-state index contributed by atoms with van der Waals surface area (Å²) >= 11 is 0. The maximum Gasteiger partial charge on any atom is 0.275 e. The Morgan fingerprint density at radius 3 is 2.73 bits per heavy atom. The number of nitrogens with one attached hydrogen (secondary N) is 2. The highest BCUT2D eigenvalue weighted by Gasteiger charge is 2.37. The molecule has 0 saturated carbocycles. The van der Waals surface area contributed by atoms with Gasteiger partial charge in [-0.1, -0.05) is 24.3 Å². The van der Waals surface area contributed by atoms with Gasteiger partial charge in [-0.2, -0.15) is 10.1 Å². The highest BCUT2D eigenvalue weighted by Crippen LogP contribution is 2.39. The standard InChI is InChI=1S/C20H18N6O4/c1-12-17(19(27)24-14-8-4-6-10-16(14)30-2)18(25-20(23-12)21-11-22-25)13-7-3-5-9-15(13)26(28)29/h3-11,18H,1-2H3,(H,24,27)(H,21,22,23)/t18-/m1/s1. The summed E-state index contributed by atoms with van der Waals surface area (Å²) in [7, 11) is 1.51. The SMILES string of the molecule is COc1ccccc1NC(=O)C1=C(C)Nc2ncnn2[C@@H]1c1ccccc1[N+](=O)[O-]. The van der Waals surface area contributed by atoms with Gasteiger partial charge in [0.25, 0.3) is 11.6 Å². The summed E-state index contributed by atoms with van der Waals surface area (Å²) in [5.74, 6) is 0.454. The van der Waals surface area contributed by atoms with Gasteiger partial charge in [-0.3, -0.25) is 14.9 Å². The molecule has 2 aromatic carbocycles. The van der Waals surface area contributed by atoms with E-state index in [9.17, 15) is 14.9 Å². The van der Waals surface area contributed by atoms with Crippen molar-refractivity contribution >= 4 is 23.2 Å². The van der Waals surface area contributed by atoms with E-state index in [1.54, 1.807) is 49.4 Å².